The number of carboxylic acid groups (broad SMARTS) is 1. The summed E-state index contributed by atoms with van der Waals surface area (Å²) in [6, 6.07) is 7.52. The number of Topliss-reactive ketones (excluding diaryl/α,β-unsaturated/α-hetero) is 1. The number of carboxylic acids is 1. The molecule has 4 fully saturated rings. The maximum absolute atomic E-state index is 14.7. The average molecular weight is 669 g/mol. The highest BCUT2D eigenvalue weighted by Gasteiger charge is 2.71. The van der Waals surface area contributed by atoms with E-state index in [-0.39, 0.29) is 38.8 Å². The minimum Gasteiger partial charge on any atom is -0.513 e. The van der Waals surface area contributed by atoms with Gasteiger partial charge in [-0.05, 0) is 152 Å². The summed E-state index contributed by atoms with van der Waals surface area (Å²) in [4.78, 5) is 26.3. The van der Waals surface area contributed by atoms with E-state index in [0.717, 1.165) is 44.1 Å². The van der Waals surface area contributed by atoms with Crippen LogP contribution in [0, 0.1) is 68.5 Å². The molecular formula is C45H64O4. The molecule has 1 aromatic carbocycles. The average Bonchev–Trinajstić information content (AvgIpc) is 3.42. The van der Waals surface area contributed by atoms with Crippen molar-refractivity contribution in [1.29, 1.82) is 0 Å². The number of aromatic carboxylic acids is 1. The van der Waals surface area contributed by atoms with Crippen molar-refractivity contribution in [2.45, 2.75) is 126 Å². The van der Waals surface area contributed by atoms with Crippen molar-refractivity contribution in [3.8, 4) is 0 Å². The lowest BCUT2D eigenvalue weighted by Crippen LogP contribution is -2.66. The van der Waals surface area contributed by atoms with Crippen LogP contribution in [-0.2, 0) is 4.79 Å². The molecule has 1 aromatic rings. The minimum atomic E-state index is -0.880. The smallest absolute Gasteiger partial charge is 0.335 e. The molecule has 5 aliphatic carbocycles. The van der Waals surface area contributed by atoms with Gasteiger partial charge in [-0.2, -0.15) is 0 Å². The van der Waals surface area contributed by atoms with E-state index in [1.165, 1.54) is 36.8 Å². The highest BCUT2D eigenvalue weighted by Crippen LogP contribution is 2.78. The third-order valence-corrected chi connectivity index (χ3v) is 16.3. The Bertz CT molecular complexity index is 1550. The molecule has 0 aliphatic heterocycles. The molecule has 0 aromatic heterocycles. The highest BCUT2D eigenvalue weighted by molar-refractivity contribution is 5.88. The van der Waals surface area contributed by atoms with Crippen molar-refractivity contribution in [1.82, 2.24) is 0 Å². The first-order chi connectivity index (χ1) is 22.8. The molecule has 5 aliphatic rings. The normalized spacial score (nSPS) is 39.9. The van der Waals surface area contributed by atoms with E-state index in [1.807, 2.05) is 12.1 Å². The standard InChI is InChI=1S/C45H64O4/c1-27(2)25-32(29(5)46)26-38(47)45-22-17-33(28(3)4)39(45)35-15-16-37-42(8)20-18-34(30-11-13-31(14-12-30)40(48)49)41(6,7)36(42)19-21-44(37,10)43(35,9)23-24-45/h11-14,18,27,32-33,35-37,39,46H,3,5,15-17,19-26H2,1-2,4,6-10H3,(H,48,49)/t32-,33+,35-,36+,37-,39-,42+,43-,44-,45-/m1/s1. The zero-order valence-electron chi connectivity index (χ0n) is 31.8. The first kappa shape index (κ1) is 36.2. The number of fused-ring (bicyclic) bond motifs is 7. The third kappa shape index (κ3) is 5.35. The van der Waals surface area contributed by atoms with Gasteiger partial charge in [0.15, 0.2) is 0 Å². The van der Waals surface area contributed by atoms with Crippen molar-refractivity contribution in [3.63, 3.8) is 0 Å². The molecule has 10 atom stereocenters. The van der Waals surface area contributed by atoms with Gasteiger partial charge in [0, 0.05) is 17.8 Å². The Morgan fingerprint density at radius 2 is 1.53 bits per heavy atom. The first-order valence-corrected chi connectivity index (χ1v) is 19.4. The summed E-state index contributed by atoms with van der Waals surface area (Å²) in [5.74, 6) is 2.27. The number of rotatable bonds is 9. The van der Waals surface area contributed by atoms with Crippen LogP contribution in [-0.4, -0.2) is 22.0 Å². The van der Waals surface area contributed by atoms with Gasteiger partial charge < -0.3 is 10.2 Å². The number of carbonyl (C=O) groups excluding carboxylic acids is 1. The van der Waals surface area contributed by atoms with Gasteiger partial charge in [-0.1, -0.05) is 85.4 Å². The van der Waals surface area contributed by atoms with Crippen LogP contribution < -0.4 is 0 Å². The van der Waals surface area contributed by atoms with Crippen molar-refractivity contribution in [2.24, 2.45) is 68.5 Å². The second-order valence-electron chi connectivity index (χ2n) is 19.2. The lowest BCUT2D eigenvalue weighted by Gasteiger charge is -2.72. The Hall–Kier alpha value is -2.62. The van der Waals surface area contributed by atoms with Gasteiger partial charge in [-0.25, -0.2) is 4.79 Å². The zero-order chi connectivity index (χ0) is 35.9. The fourth-order valence-corrected chi connectivity index (χ4v) is 13.8. The molecule has 49 heavy (non-hydrogen) atoms. The molecule has 0 radical (unpaired) electrons. The molecule has 6 rings (SSSR count). The SMILES string of the molecule is C=C(O)[C@@H](CC(=O)[C@]12CC[C@@H](C(=C)C)[C@@H]1[C@H]1CC[C@@H]3[C@@]4(C)CC=C(c5ccc(C(=O)O)cc5)C(C)(C)[C@@H]4CC[C@@]3(C)[C@]1(C)CC2)CC(C)C. The predicted molar refractivity (Wildman–Crippen MR) is 200 cm³/mol. The van der Waals surface area contributed by atoms with Gasteiger partial charge in [0.05, 0.1) is 11.3 Å². The summed E-state index contributed by atoms with van der Waals surface area (Å²) < 4.78 is 0. The summed E-state index contributed by atoms with van der Waals surface area (Å²) in [5, 5.41) is 20.0. The van der Waals surface area contributed by atoms with Crippen molar-refractivity contribution < 1.29 is 19.8 Å². The molecule has 0 heterocycles. The largest absolute Gasteiger partial charge is 0.513 e. The van der Waals surface area contributed by atoms with Crippen molar-refractivity contribution in [3.05, 3.63) is 66.0 Å². The fourth-order valence-electron chi connectivity index (χ4n) is 13.8. The highest BCUT2D eigenvalue weighted by atomic mass is 16.4. The lowest BCUT2D eigenvalue weighted by molar-refractivity contribution is -0.224. The Labute approximate surface area is 296 Å². The van der Waals surface area contributed by atoms with Crippen LogP contribution in [0.2, 0.25) is 0 Å². The summed E-state index contributed by atoms with van der Waals surface area (Å²) in [6.45, 7) is 27.7. The molecular weight excluding hydrogens is 604 g/mol. The number of hydrogen-bond donors (Lipinski definition) is 2. The Morgan fingerprint density at radius 3 is 2.12 bits per heavy atom. The van der Waals surface area contributed by atoms with E-state index >= 15 is 0 Å². The van der Waals surface area contributed by atoms with Gasteiger partial charge >= 0.3 is 5.97 Å². The topological polar surface area (TPSA) is 74.6 Å². The molecule has 0 unspecified atom stereocenters. The van der Waals surface area contributed by atoms with Crippen LogP contribution in [0.4, 0.5) is 0 Å². The van der Waals surface area contributed by atoms with Crippen LogP contribution in [0.25, 0.3) is 5.57 Å². The number of benzene rings is 1. The van der Waals surface area contributed by atoms with E-state index in [0.29, 0.717) is 53.3 Å². The molecule has 4 saturated carbocycles. The monoisotopic (exact) mass is 668 g/mol. The molecule has 0 amide bonds. The second kappa shape index (κ2) is 12.3. The van der Waals surface area contributed by atoms with E-state index in [4.69, 9.17) is 0 Å². The number of allylic oxidation sites excluding steroid dienone is 4. The maximum Gasteiger partial charge on any atom is 0.335 e. The number of aliphatic hydroxyl groups excluding tert-OH is 1. The van der Waals surface area contributed by atoms with Crippen LogP contribution in [0.15, 0.2) is 54.8 Å². The minimum absolute atomic E-state index is 0.0231. The van der Waals surface area contributed by atoms with Gasteiger partial charge in [0.2, 0.25) is 0 Å². The van der Waals surface area contributed by atoms with E-state index in [9.17, 15) is 19.8 Å². The zero-order valence-corrected chi connectivity index (χ0v) is 31.8. The summed E-state index contributed by atoms with van der Waals surface area (Å²) in [7, 11) is 0. The Morgan fingerprint density at radius 1 is 0.857 bits per heavy atom. The van der Waals surface area contributed by atoms with Crippen LogP contribution >= 0.6 is 0 Å². The van der Waals surface area contributed by atoms with E-state index < -0.39 is 5.97 Å². The molecule has 2 N–H and O–H groups in total. The van der Waals surface area contributed by atoms with Gasteiger partial charge in [0.1, 0.15) is 5.78 Å². The van der Waals surface area contributed by atoms with E-state index in [1.54, 1.807) is 12.1 Å². The predicted octanol–water partition coefficient (Wildman–Crippen LogP) is 11.7. The quantitative estimate of drug-likeness (QED) is 0.203. The number of ketones is 1. The summed E-state index contributed by atoms with van der Waals surface area (Å²) >= 11 is 0. The summed E-state index contributed by atoms with van der Waals surface area (Å²) in [6.07, 6.45) is 13.7. The Balaban J connectivity index is 1.34. The van der Waals surface area contributed by atoms with Crippen LogP contribution in [0.1, 0.15) is 142 Å². The molecule has 0 bridgehead atoms. The maximum atomic E-state index is 14.7. The first-order valence-electron chi connectivity index (χ1n) is 19.4. The third-order valence-electron chi connectivity index (χ3n) is 16.3. The molecule has 268 valence electrons. The fraction of sp³-hybridized carbons (Fsp3) is 0.689. The number of carbonyl (C=O) groups is 2. The van der Waals surface area contributed by atoms with E-state index in [2.05, 4.69) is 74.6 Å². The van der Waals surface area contributed by atoms with Gasteiger partial charge in [-0.3, -0.25) is 4.79 Å². The van der Waals surface area contributed by atoms with Gasteiger partial charge in [-0.15, -0.1) is 0 Å². The summed E-state index contributed by atoms with van der Waals surface area (Å²) in [5.41, 5.74) is 4.28. The van der Waals surface area contributed by atoms with Crippen LogP contribution in [0.5, 0.6) is 0 Å². The number of hydrogen-bond acceptors (Lipinski definition) is 3. The molecule has 4 heteroatoms. The second-order valence-corrected chi connectivity index (χ2v) is 19.2. The molecule has 0 spiro atoms. The Kier molecular flexibility index (Phi) is 9.05. The van der Waals surface area contributed by atoms with Crippen molar-refractivity contribution >= 4 is 17.3 Å². The lowest BCUT2D eigenvalue weighted by atomic mass is 9.32. The van der Waals surface area contributed by atoms with Crippen molar-refractivity contribution in [2.75, 3.05) is 0 Å². The van der Waals surface area contributed by atoms with Crippen LogP contribution in [0.3, 0.4) is 0 Å². The molecule has 4 nitrogen and oxygen atoms in total. The molecule has 0 saturated heterocycles. The number of aliphatic hydroxyl groups is 1. The van der Waals surface area contributed by atoms with Gasteiger partial charge in [0.25, 0.3) is 0 Å².